The number of hydrogen-bond donors (Lipinski definition) is 2. The Balaban J connectivity index is 2.03. The Morgan fingerprint density at radius 3 is 2.75 bits per heavy atom. The smallest absolute Gasteiger partial charge is 0.234 e. The number of hydrogen-bond acceptors (Lipinski definition) is 4. The lowest BCUT2D eigenvalue weighted by molar-refractivity contribution is -0.122. The van der Waals surface area contributed by atoms with Crippen molar-refractivity contribution in [2.75, 3.05) is 51.3 Å². The van der Waals surface area contributed by atoms with Crippen LogP contribution in [0.2, 0.25) is 0 Å². The van der Waals surface area contributed by atoms with Crippen molar-refractivity contribution in [3.05, 3.63) is 0 Å². The first-order chi connectivity index (χ1) is 7.68. The summed E-state index contributed by atoms with van der Waals surface area (Å²) >= 11 is 0. The van der Waals surface area contributed by atoms with Crippen LogP contribution in [0.15, 0.2) is 0 Å². The highest BCUT2D eigenvalue weighted by molar-refractivity contribution is 7.84. The fourth-order valence-electron chi connectivity index (χ4n) is 1.63. The molecule has 1 aliphatic rings. The highest BCUT2D eigenvalue weighted by Crippen LogP contribution is 1.91. The van der Waals surface area contributed by atoms with Crippen molar-refractivity contribution in [1.82, 2.24) is 15.5 Å². The third kappa shape index (κ3) is 6.19. The number of rotatable bonds is 6. The second kappa shape index (κ2) is 7.76. The molecule has 1 amide bonds. The molecule has 16 heavy (non-hydrogen) atoms. The van der Waals surface area contributed by atoms with E-state index >= 15 is 0 Å². The summed E-state index contributed by atoms with van der Waals surface area (Å²) in [5, 5.41) is 6.10. The molecular formula is C10H21N3O2S. The lowest BCUT2D eigenvalue weighted by Gasteiger charge is -2.26. The van der Waals surface area contributed by atoms with Gasteiger partial charge in [0.1, 0.15) is 0 Å². The minimum atomic E-state index is -0.757. The maximum Gasteiger partial charge on any atom is 0.234 e. The van der Waals surface area contributed by atoms with Crippen molar-refractivity contribution in [2.24, 2.45) is 0 Å². The van der Waals surface area contributed by atoms with Gasteiger partial charge < -0.3 is 10.6 Å². The topological polar surface area (TPSA) is 61.4 Å². The van der Waals surface area contributed by atoms with Crippen molar-refractivity contribution in [1.29, 1.82) is 0 Å². The van der Waals surface area contributed by atoms with Gasteiger partial charge in [-0.1, -0.05) is 0 Å². The Morgan fingerprint density at radius 2 is 2.12 bits per heavy atom. The second-order valence-corrected chi connectivity index (χ2v) is 5.56. The monoisotopic (exact) mass is 247 g/mol. The van der Waals surface area contributed by atoms with Gasteiger partial charge in [0.15, 0.2) is 0 Å². The molecule has 0 aromatic heterocycles. The van der Waals surface area contributed by atoms with Crippen molar-refractivity contribution in [3.63, 3.8) is 0 Å². The summed E-state index contributed by atoms with van der Waals surface area (Å²) in [6, 6.07) is 0. The van der Waals surface area contributed by atoms with Gasteiger partial charge in [-0.05, 0) is 6.42 Å². The highest BCUT2D eigenvalue weighted by atomic mass is 32.2. The average Bonchev–Trinajstić information content (AvgIpc) is 2.25. The first kappa shape index (κ1) is 13.6. The molecule has 5 nitrogen and oxygen atoms in total. The molecule has 0 aromatic rings. The summed E-state index contributed by atoms with van der Waals surface area (Å²) < 4.78 is 10.8. The first-order valence-corrected chi connectivity index (χ1v) is 7.41. The Kier molecular flexibility index (Phi) is 6.59. The Hall–Kier alpha value is -0.460. The van der Waals surface area contributed by atoms with Crippen molar-refractivity contribution in [3.8, 4) is 0 Å². The van der Waals surface area contributed by atoms with Crippen molar-refractivity contribution in [2.45, 2.75) is 6.42 Å². The van der Waals surface area contributed by atoms with Crippen LogP contribution in [0.4, 0.5) is 0 Å². The highest BCUT2D eigenvalue weighted by Gasteiger charge is 2.12. The fraction of sp³-hybridized carbons (Fsp3) is 0.900. The molecule has 1 atom stereocenters. The number of amides is 1. The standard InChI is InChI=1S/C10H21N3O2S/c1-16(15)8-2-3-12-10(14)9-13-6-4-11-5-7-13/h11H,2-9H2,1H3,(H,12,14). The van der Waals surface area contributed by atoms with E-state index in [1.54, 1.807) is 6.26 Å². The van der Waals surface area contributed by atoms with Crippen LogP contribution >= 0.6 is 0 Å². The van der Waals surface area contributed by atoms with Crippen LogP contribution in [-0.4, -0.2) is 66.3 Å². The summed E-state index contributed by atoms with van der Waals surface area (Å²) in [7, 11) is -0.757. The summed E-state index contributed by atoms with van der Waals surface area (Å²) in [4.78, 5) is 13.6. The Labute approximate surface area is 99.4 Å². The maximum absolute atomic E-state index is 11.5. The molecule has 94 valence electrons. The second-order valence-electron chi connectivity index (χ2n) is 4.01. The van der Waals surface area contributed by atoms with Gasteiger partial charge in [0.25, 0.3) is 0 Å². The summed E-state index contributed by atoms with van der Waals surface area (Å²) in [6.45, 7) is 4.91. The molecule has 1 unspecified atom stereocenters. The quantitative estimate of drug-likeness (QED) is 0.577. The van der Waals surface area contributed by atoms with E-state index in [9.17, 15) is 9.00 Å². The Morgan fingerprint density at radius 1 is 1.44 bits per heavy atom. The van der Waals surface area contributed by atoms with Gasteiger partial charge in [0.2, 0.25) is 5.91 Å². The predicted molar refractivity (Wildman–Crippen MR) is 65.9 cm³/mol. The van der Waals surface area contributed by atoms with E-state index in [2.05, 4.69) is 15.5 Å². The molecule has 0 bridgehead atoms. The van der Waals surface area contributed by atoms with Crippen molar-refractivity contribution >= 4 is 16.7 Å². The summed E-state index contributed by atoms with van der Waals surface area (Å²) in [5.41, 5.74) is 0. The number of carbonyl (C=O) groups excluding carboxylic acids is 1. The fourth-order valence-corrected chi connectivity index (χ4v) is 2.18. The molecule has 0 aromatic carbocycles. The zero-order valence-electron chi connectivity index (χ0n) is 9.83. The van der Waals surface area contributed by atoms with E-state index < -0.39 is 10.8 Å². The van der Waals surface area contributed by atoms with E-state index in [0.29, 0.717) is 18.8 Å². The van der Waals surface area contributed by atoms with Gasteiger partial charge in [-0.25, -0.2) is 0 Å². The van der Waals surface area contributed by atoms with Gasteiger partial charge >= 0.3 is 0 Å². The van der Waals surface area contributed by atoms with E-state index in [1.165, 1.54) is 0 Å². The first-order valence-electron chi connectivity index (χ1n) is 5.68. The van der Waals surface area contributed by atoms with E-state index in [-0.39, 0.29) is 5.91 Å². The van der Waals surface area contributed by atoms with Crippen LogP contribution < -0.4 is 10.6 Å². The van der Waals surface area contributed by atoms with Gasteiger partial charge in [0, 0.05) is 55.5 Å². The molecule has 2 N–H and O–H groups in total. The lowest BCUT2D eigenvalue weighted by atomic mass is 10.3. The van der Waals surface area contributed by atoms with Crippen LogP contribution in [0.1, 0.15) is 6.42 Å². The third-order valence-electron chi connectivity index (χ3n) is 2.51. The summed E-state index contributed by atoms with van der Waals surface area (Å²) in [6.07, 6.45) is 2.47. The molecule has 0 aliphatic carbocycles. The van der Waals surface area contributed by atoms with Crippen LogP contribution in [0.3, 0.4) is 0 Å². The molecule has 0 saturated carbocycles. The Bertz CT molecular complexity index is 242. The molecular weight excluding hydrogens is 226 g/mol. The van der Waals surface area contributed by atoms with Crippen LogP contribution in [-0.2, 0) is 15.6 Å². The normalized spacial score (nSPS) is 19.3. The molecule has 1 saturated heterocycles. The third-order valence-corrected chi connectivity index (χ3v) is 3.37. The zero-order chi connectivity index (χ0) is 11.8. The van der Waals surface area contributed by atoms with E-state index in [0.717, 1.165) is 32.6 Å². The summed E-state index contributed by atoms with van der Waals surface area (Å²) in [5.74, 6) is 0.734. The molecule has 0 spiro atoms. The van der Waals surface area contributed by atoms with Crippen molar-refractivity contribution < 1.29 is 9.00 Å². The molecule has 6 heteroatoms. The number of nitrogens with zero attached hydrogens (tertiary/aromatic N) is 1. The van der Waals surface area contributed by atoms with Crippen LogP contribution in [0.5, 0.6) is 0 Å². The predicted octanol–water partition coefficient (Wildman–Crippen LogP) is -1.22. The van der Waals surface area contributed by atoms with Gasteiger partial charge in [-0.15, -0.1) is 0 Å². The molecule has 1 heterocycles. The lowest BCUT2D eigenvalue weighted by Crippen LogP contribution is -2.47. The minimum absolute atomic E-state index is 0.0729. The SMILES string of the molecule is CS(=O)CCCNC(=O)CN1CCNCC1. The zero-order valence-corrected chi connectivity index (χ0v) is 10.6. The number of piperazine rings is 1. The van der Waals surface area contributed by atoms with Crippen LogP contribution in [0.25, 0.3) is 0 Å². The van der Waals surface area contributed by atoms with E-state index in [1.807, 2.05) is 0 Å². The van der Waals surface area contributed by atoms with Gasteiger partial charge in [-0.2, -0.15) is 0 Å². The maximum atomic E-state index is 11.5. The molecule has 0 radical (unpaired) electrons. The minimum Gasteiger partial charge on any atom is -0.355 e. The molecule has 1 fully saturated rings. The molecule has 1 rings (SSSR count). The van der Waals surface area contributed by atoms with Crippen LogP contribution in [0, 0.1) is 0 Å². The van der Waals surface area contributed by atoms with E-state index in [4.69, 9.17) is 0 Å². The number of nitrogens with one attached hydrogen (secondary N) is 2. The van der Waals surface area contributed by atoms with Gasteiger partial charge in [0.05, 0.1) is 6.54 Å². The van der Waals surface area contributed by atoms with Gasteiger partial charge in [-0.3, -0.25) is 13.9 Å². The largest absolute Gasteiger partial charge is 0.355 e. The number of carbonyl (C=O) groups is 1. The average molecular weight is 247 g/mol. The molecule has 1 aliphatic heterocycles.